The number of aryl methyl sites for hydroxylation is 1. The van der Waals surface area contributed by atoms with Crippen LogP contribution in [0, 0.1) is 12.8 Å². The molecule has 0 amide bonds. The molecule has 1 aromatic rings. The Hall–Kier alpha value is -3.61. The van der Waals surface area contributed by atoms with Crippen molar-refractivity contribution in [1.82, 2.24) is 4.90 Å². The van der Waals surface area contributed by atoms with Crippen molar-refractivity contribution in [2.75, 3.05) is 14.2 Å². The van der Waals surface area contributed by atoms with Gasteiger partial charge in [-0.05, 0) is 18.6 Å². The molecule has 1 aliphatic rings. The van der Waals surface area contributed by atoms with Crippen LogP contribution in [0.2, 0.25) is 0 Å². The van der Waals surface area contributed by atoms with E-state index in [0.29, 0.717) is 5.56 Å². The van der Waals surface area contributed by atoms with Gasteiger partial charge in [0.05, 0.1) is 25.4 Å². The van der Waals surface area contributed by atoms with Crippen LogP contribution in [0.4, 0.5) is 0 Å². The second-order valence-corrected chi connectivity index (χ2v) is 5.78. The van der Waals surface area contributed by atoms with Crippen LogP contribution in [-0.4, -0.2) is 37.0 Å². The molecular formula is C21H21NO6. The molecule has 0 saturated heterocycles. The summed E-state index contributed by atoms with van der Waals surface area (Å²) in [7, 11) is 2.54. The van der Waals surface area contributed by atoms with Crippen LogP contribution in [0.3, 0.4) is 0 Å². The molecule has 0 N–H and O–H groups in total. The van der Waals surface area contributed by atoms with E-state index < -0.39 is 23.8 Å². The molecule has 0 fully saturated rings. The lowest BCUT2D eigenvalue weighted by atomic mass is 9.98. The van der Waals surface area contributed by atoms with Gasteiger partial charge in [-0.3, -0.25) is 0 Å². The van der Waals surface area contributed by atoms with Gasteiger partial charge in [0.25, 0.3) is 0 Å². The smallest absolute Gasteiger partial charge is 0.343 e. The fourth-order valence-electron chi connectivity index (χ4n) is 2.38. The number of rotatable bonds is 6. The van der Waals surface area contributed by atoms with Gasteiger partial charge in [0.15, 0.2) is 0 Å². The predicted octanol–water partition coefficient (Wildman–Crippen LogP) is 2.85. The van der Waals surface area contributed by atoms with Crippen LogP contribution in [0.15, 0.2) is 72.9 Å². The number of methoxy groups -OCH3 is 2. The minimum Gasteiger partial charge on any atom is -0.466 e. The molecule has 28 heavy (non-hydrogen) atoms. The fourth-order valence-corrected chi connectivity index (χ4v) is 2.38. The van der Waals surface area contributed by atoms with Crippen molar-refractivity contribution in [3.05, 3.63) is 84.1 Å². The van der Waals surface area contributed by atoms with Crippen molar-refractivity contribution in [1.29, 1.82) is 0 Å². The Bertz CT molecular complexity index is 851. The lowest BCUT2D eigenvalue weighted by Crippen LogP contribution is -2.17. The monoisotopic (exact) mass is 383 g/mol. The Morgan fingerprint density at radius 3 is 2.32 bits per heavy atom. The maximum Gasteiger partial charge on any atom is 0.343 e. The third-order valence-electron chi connectivity index (χ3n) is 3.95. The number of ether oxygens (including phenoxy) is 3. The van der Waals surface area contributed by atoms with Gasteiger partial charge < -0.3 is 19.1 Å². The first-order chi connectivity index (χ1) is 13.5. The van der Waals surface area contributed by atoms with Crippen LogP contribution >= 0.6 is 0 Å². The van der Waals surface area contributed by atoms with Gasteiger partial charge in [0.1, 0.15) is 6.26 Å². The molecule has 0 bridgehead atoms. The van der Waals surface area contributed by atoms with E-state index in [1.807, 2.05) is 6.07 Å². The average molecular weight is 383 g/mol. The zero-order chi connectivity index (χ0) is 20.5. The number of nitrogens with zero attached hydrogens (tertiary/aromatic N) is 1. The number of allylic oxidation sites excluding steroid dienone is 2. The number of carbonyl (C=O) groups is 3. The van der Waals surface area contributed by atoms with E-state index >= 15 is 0 Å². The standard InChI is InChI=1S/C21H21NO6/c1-15-6-4-5-7-17(15)21(25)28-14-18(20(24)27-3)16-8-11-22(12-9-16)13-10-19(23)26-2/h4-14,16H,1-3H3/b13-10+,18-14+. The largest absolute Gasteiger partial charge is 0.466 e. The highest BCUT2D eigenvalue weighted by Crippen LogP contribution is 2.21. The van der Waals surface area contributed by atoms with Crippen molar-refractivity contribution in [2.24, 2.45) is 5.92 Å². The summed E-state index contributed by atoms with van der Waals surface area (Å²) in [5.74, 6) is -2.12. The van der Waals surface area contributed by atoms with E-state index in [4.69, 9.17) is 9.47 Å². The van der Waals surface area contributed by atoms with E-state index in [1.54, 1.807) is 54.6 Å². The Kier molecular flexibility index (Phi) is 7.33. The zero-order valence-electron chi connectivity index (χ0n) is 15.8. The van der Waals surface area contributed by atoms with E-state index in [2.05, 4.69) is 4.74 Å². The molecule has 0 aliphatic carbocycles. The molecule has 0 radical (unpaired) electrons. The number of carbonyl (C=O) groups excluding carboxylic acids is 3. The summed E-state index contributed by atoms with van der Waals surface area (Å²) in [6.07, 6.45) is 10.6. The maximum absolute atomic E-state index is 12.3. The van der Waals surface area contributed by atoms with Gasteiger partial charge in [0.2, 0.25) is 0 Å². The lowest BCUT2D eigenvalue weighted by molar-refractivity contribution is -0.136. The lowest BCUT2D eigenvalue weighted by Gasteiger charge is -2.19. The molecule has 0 unspecified atom stereocenters. The van der Waals surface area contributed by atoms with Gasteiger partial charge in [-0.2, -0.15) is 0 Å². The summed E-state index contributed by atoms with van der Waals surface area (Å²) in [5, 5.41) is 0. The van der Waals surface area contributed by atoms with Crippen molar-refractivity contribution in [2.45, 2.75) is 6.92 Å². The van der Waals surface area contributed by atoms with Gasteiger partial charge in [-0.15, -0.1) is 0 Å². The second-order valence-electron chi connectivity index (χ2n) is 5.78. The highest BCUT2D eigenvalue weighted by molar-refractivity contribution is 5.93. The number of hydrogen-bond acceptors (Lipinski definition) is 7. The minimum absolute atomic E-state index is 0.161. The topological polar surface area (TPSA) is 82.1 Å². The van der Waals surface area contributed by atoms with Crippen molar-refractivity contribution in [3.8, 4) is 0 Å². The highest BCUT2D eigenvalue weighted by atomic mass is 16.5. The first kappa shape index (κ1) is 20.7. The second kappa shape index (κ2) is 9.91. The van der Waals surface area contributed by atoms with E-state index in [0.717, 1.165) is 11.8 Å². The summed E-state index contributed by atoms with van der Waals surface area (Å²) >= 11 is 0. The Balaban J connectivity index is 2.13. The first-order valence-electron chi connectivity index (χ1n) is 8.41. The molecule has 1 aromatic carbocycles. The van der Waals surface area contributed by atoms with Crippen LogP contribution in [0.1, 0.15) is 15.9 Å². The van der Waals surface area contributed by atoms with Crippen LogP contribution < -0.4 is 0 Å². The summed E-state index contributed by atoms with van der Waals surface area (Å²) < 4.78 is 14.5. The van der Waals surface area contributed by atoms with Crippen LogP contribution in [0.25, 0.3) is 0 Å². The third kappa shape index (κ3) is 5.44. The molecule has 1 heterocycles. The van der Waals surface area contributed by atoms with Crippen molar-refractivity contribution < 1.29 is 28.6 Å². The summed E-state index contributed by atoms with van der Waals surface area (Å²) in [5.41, 5.74) is 1.34. The number of benzene rings is 1. The molecule has 7 heteroatoms. The Morgan fingerprint density at radius 1 is 1.04 bits per heavy atom. The van der Waals surface area contributed by atoms with Crippen molar-refractivity contribution >= 4 is 17.9 Å². The first-order valence-corrected chi connectivity index (χ1v) is 8.41. The summed E-state index contributed by atoms with van der Waals surface area (Å²) in [6, 6.07) is 7.00. The number of esters is 3. The molecule has 1 aliphatic heterocycles. The molecule has 2 rings (SSSR count). The molecule has 0 aromatic heterocycles. The van der Waals surface area contributed by atoms with Gasteiger partial charge in [-0.25, -0.2) is 14.4 Å². The maximum atomic E-state index is 12.3. The van der Waals surface area contributed by atoms with Gasteiger partial charge >= 0.3 is 17.9 Å². The van der Waals surface area contributed by atoms with Crippen LogP contribution in [-0.2, 0) is 23.8 Å². The fraction of sp³-hybridized carbons (Fsp3) is 0.190. The minimum atomic E-state index is -0.615. The van der Waals surface area contributed by atoms with Gasteiger partial charge in [-0.1, -0.05) is 30.4 Å². The Labute approximate surface area is 163 Å². The van der Waals surface area contributed by atoms with E-state index in [-0.39, 0.29) is 5.57 Å². The summed E-state index contributed by atoms with van der Waals surface area (Å²) in [6.45, 7) is 1.80. The molecule has 0 saturated carbocycles. The number of hydrogen-bond donors (Lipinski definition) is 0. The van der Waals surface area contributed by atoms with E-state index in [9.17, 15) is 14.4 Å². The zero-order valence-corrected chi connectivity index (χ0v) is 15.8. The molecule has 146 valence electrons. The van der Waals surface area contributed by atoms with E-state index in [1.165, 1.54) is 26.5 Å². The normalized spacial score (nSPS) is 14.2. The molecule has 0 spiro atoms. The average Bonchev–Trinajstić information content (AvgIpc) is 2.72. The van der Waals surface area contributed by atoms with Crippen molar-refractivity contribution in [3.63, 3.8) is 0 Å². The molecule has 7 nitrogen and oxygen atoms in total. The SMILES string of the molecule is COC(=O)/C=C/N1C=CC(/C(=C\OC(=O)c2ccccc2C)C(=O)OC)C=C1. The quantitative estimate of drug-likeness (QED) is 0.323. The van der Waals surface area contributed by atoms with Gasteiger partial charge in [0, 0.05) is 30.6 Å². The molecular weight excluding hydrogens is 362 g/mol. The Morgan fingerprint density at radius 2 is 1.71 bits per heavy atom. The van der Waals surface area contributed by atoms with Crippen LogP contribution in [0.5, 0.6) is 0 Å². The highest BCUT2D eigenvalue weighted by Gasteiger charge is 2.21. The predicted molar refractivity (Wildman–Crippen MR) is 101 cm³/mol. The summed E-state index contributed by atoms with van der Waals surface area (Å²) in [4.78, 5) is 37.2. The molecule has 0 atom stereocenters. The third-order valence-corrected chi connectivity index (χ3v) is 3.95.